The molecule has 0 aliphatic rings. The van der Waals surface area contributed by atoms with Crippen LogP contribution in [0.1, 0.15) is 32.4 Å². The number of nitrogens with two attached hydrogens (primary N) is 1. The summed E-state index contributed by atoms with van der Waals surface area (Å²) in [4.78, 5) is 1.86. The van der Waals surface area contributed by atoms with Crippen LogP contribution in [0, 0.1) is 5.82 Å². The third kappa shape index (κ3) is 3.96. The second-order valence-electron chi connectivity index (χ2n) is 4.81. The molecule has 0 fully saturated rings. The SMILES string of the molecule is CC(C)OCCN(C)c1c(F)cccc1C(C)N. The van der Waals surface area contributed by atoms with Gasteiger partial charge >= 0.3 is 0 Å². The normalized spacial score (nSPS) is 12.8. The lowest BCUT2D eigenvalue weighted by Crippen LogP contribution is -2.26. The molecule has 102 valence electrons. The smallest absolute Gasteiger partial charge is 0.146 e. The van der Waals surface area contributed by atoms with Crippen molar-refractivity contribution in [3.8, 4) is 0 Å². The van der Waals surface area contributed by atoms with E-state index in [1.807, 2.05) is 38.8 Å². The first-order valence-electron chi connectivity index (χ1n) is 6.30. The van der Waals surface area contributed by atoms with Crippen LogP contribution < -0.4 is 10.6 Å². The number of likely N-dealkylation sites (N-methyl/N-ethyl adjacent to an activating group) is 1. The van der Waals surface area contributed by atoms with E-state index in [0.717, 1.165) is 5.56 Å². The van der Waals surface area contributed by atoms with E-state index < -0.39 is 0 Å². The second kappa shape index (κ2) is 6.71. The van der Waals surface area contributed by atoms with Gasteiger partial charge in [-0.05, 0) is 32.4 Å². The number of para-hydroxylation sites is 1. The molecule has 0 radical (unpaired) electrons. The van der Waals surface area contributed by atoms with Gasteiger partial charge in [-0.25, -0.2) is 4.39 Å². The molecule has 0 amide bonds. The summed E-state index contributed by atoms with van der Waals surface area (Å²) in [6, 6.07) is 4.82. The summed E-state index contributed by atoms with van der Waals surface area (Å²) in [7, 11) is 1.86. The molecule has 0 spiro atoms. The lowest BCUT2D eigenvalue weighted by atomic mass is 10.1. The summed E-state index contributed by atoms with van der Waals surface area (Å²) in [5.74, 6) is -0.239. The van der Waals surface area contributed by atoms with Crippen molar-refractivity contribution >= 4 is 5.69 Å². The summed E-state index contributed by atoms with van der Waals surface area (Å²) in [5, 5.41) is 0. The molecule has 1 atom stereocenters. The van der Waals surface area contributed by atoms with Crippen molar-refractivity contribution in [1.82, 2.24) is 0 Å². The molecule has 4 heteroatoms. The Morgan fingerprint density at radius 2 is 2.00 bits per heavy atom. The Balaban J connectivity index is 2.80. The van der Waals surface area contributed by atoms with Crippen molar-refractivity contribution in [2.45, 2.75) is 32.9 Å². The Kier molecular flexibility index (Phi) is 5.56. The summed E-state index contributed by atoms with van der Waals surface area (Å²) >= 11 is 0. The number of halogens is 1. The van der Waals surface area contributed by atoms with Crippen LogP contribution >= 0.6 is 0 Å². The van der Waals surface area contributed by atoms with Gasteiger partial charge in [-0.1, -0.05) is 12.1 Å². The Morgan fingerprint density at radius 3 is 2.56 bits per heavy atom. The van der Waals surface area contributed by atoms with Gasteiger partial charge in [-0.15, -0.1) is 0 Å². The monoisotopic (exact) mass is 254 g/mol. The first-order valence-corrected chi connectivity index (χ1v) is 6.30. The third-order valence-corrected chi connectivity index (χ3v) is 2.77. The average molecular weight is 254 g/mol. The van der Waals surface area contributed by atoms with Crippen LogP contribution in [0.25, 0.3) is 0 Å². The van der Waals surface area contributed by atoms with Crippen molar-refractivity contribution in [2.24, 2.45) is 5.73 Å². The fraction of sp³-hybridized carbons (Fsp3) is 0.571. The van der Waals surface area contributed by atoms with Crippen LogP contribution in [0.4, 0.5) is 10.1 Å². The molecule has 18 heavy (non-hydrogen) atoms. The molecule has 0 aromatic heterocycles. The molecule has 1 rings (SSSR count). The zero-order valence-electron chi connectivity index (χ0n) is 11.6. The topological polar surface area (TPSA) is 38.5 Å². The molecular weight excluding hydrogens is 231 g/mol. The van der Waals surface area contributed by atoms with Crippen LogP contribution in [-0.4, -0.2) is 26.3 Å². The number of benzene rings is 1. The molecule has 0 aliphatic heterocycles. The van der Waals surface area contributed by atoms with Gasteiger partial charge in [0.25, 0.3) is 0 Å². The zero-order valence-corrected chi connectivity index (χ0v) is 11.6. The van der Waals surface area contributed by atoms with E-state index in [9.17, 15) is 4.39 Å². The van der Waals surface area contributed by atoms with E-state index >= 15 is 0 Å². The number of nitrogens with zero attached hydrogens (tertiary/aromatic N) is 1. The first kappa shape index (κ1) is 14.9. The second-order valence-corrected chi connectivity index (χ2v) is 4.81. The highest BCUT2D eigenvalue weighted by Gasteiger charge is 2.15. The predicted molar refractivity (Wildman–Crippen MR) is 73.4 cm³/mol. The largest absolute Gasteiger partial charge is 0.377 e. The molecule has 0 saturated heterocycles. The lowest BCUT2D eigenvalue weighted by Gasteiger charge is -2.24. The number of anilines is 1. The van der Waals surface area contributed by atoms with Gasteiger partial charge in [0.1, 0.15) is 5.82 Å². The maximum atomic E-state index is 13.9. The maximum absolute atomic E-state index is 13.9. The summed E-state index contributed by atoms with van der Waals surface area (Å²) in [6.45, 7) is 7.03. The highest BCUT2D eigenvalue weighted by Crippen LogP contribution is 2.27. The minimum atomic E-state index is -0.239. The molecule has 1 unspecified atom stereocenters. The Bertz CT molecular complexity index is 380. The van der Waals surface area contributed by atoms with Gasteiger partial charge in [0.05, 0.1) is 18.4 Å². The predicted octanol–water partition coefficient (Wildman–Crippen LogP) is 2.71. The van der Waals surface area contributed by atoms with E-state index in [1.165, 1.54) is 6.07 Å². The number of hydrogen-bond donors (Lipinski definition) is 1. The van der Waals surface area contributed by atoms with Gasteiger partial charge in [0.15, 0.2) is 0 Å². The van der Waals surface area contributed by atoms with Crippen molar-refractivity contribution < 1.29 is 9.13 Å². The van der Waals surface area contributed by atoms with Crippen molar-refractivity contribution in [2.75, 3.05) is 25.1 Å². The highest BCUT2D eigenvalue weighted by atomic mass is 19.1. The minimum absolute atomic E-state index is 0.187. The summed E-state index contributed by atoms with van der Waals surface area (Å²) < 4.78 is 19.4. The minimum Gasteiger partial charge on any atom is -0.377 e. The fourth-order valence-electron chi connectivity index (χ4n) is 1.84. The van der Waals surface area contributed by atoms with Crippen LogP contribution in [-0.2, 0) is 4.74 Å². The molecule has 0 heterocycles. The molecule has 0 saturated carbocycles. The molecule has 3 nitrogen and oxygen atoms in total. The highest BCUT2D eigenvalue weighted by molar-refractivity contribution is 5.55. The van der Waals surface area contributed by atoms with Gasteiger partial charge in [0.2, 0.25) is 0 Å². The molecule has 2 N–H and O–H groups in total. The first-order chi connectivity index (χ1) is 8.43. The zero-order chi connectivity index (χ0) is 13.7. The molecular formula is C14H23FN2O. The number of hydrogen-bond acceptors (Lipinski definition) is 3. The van der Waals surface area contributed by atoms with E-state index in [1.54, 1.807) is 6.07 Å². The Labute approximate surface area is 109 Å². The van der Waals surface area contributed by atoms with Crippen LogP contribution in [0.5, 0.6) is 0 Å². The lowest BCUT2D eigenvalue weighted by molar-refractivity contribution is 0.0845. The number of ether oxygens (including phenoxy) is 1. The van der Waals surface area contributed by atoms with Crippen molar-refractivity contribution in [3.05, 3.63) is 29.6 Å². The number of rotatable bonds is 6. The van der Waals surface area contributed by atoms with E-state index in [-0.39, 0.29) is 18.0 Å². The van der Waals surface area contributed by atoms with Crippen LogP contribution in [0.3, 0.4) is 0 Å². The van der Waals surface area contributed by atoms with Gasteiger partial charge in [-0.3, -0.25) is 0 Å². The summed E-state index contributed by atoms with van der Waals surface area (Å²) in [5.41, 5.74) is 7.26. The average Bonchev–Trinajstić information content (AvgIpc) is 2.27. The molecule has 1 aromatic carbocycles. The van der Waals surface area contributed by atoms with Gasteiger partial charge in [-0.2, -0.15) is 0 Å². The quantitative estimate of drug-likeness (QED) is 0.848. The third-order valence-electron chi connectivity index (χ3n) is 2.77. The molecule has 1 aromatic rings. The van der Waals surface area contributed by atoms with E-state index in [2.05, 4.69) is 0 Å². The molecule has 0 aliphatic carbocycles. The van der Waals surface area contributed by atoms with E-state index in [4.69, 9.17) is 10.5 Å². The van der Waals surface area contributed by atoms with Crippen molar-refractivity contribution in [3.63, 3.8) is 0 Å². The van der Waals surface area contributed by atoms with Crippen LogP contribution in [0.15, 0.2) is 18.2 Å². The summed E-state index contributed by atoms with van der Waals surface area (Å²) in [6.07, 6.45) is 0.187. The standard InChI is InChI=1S/C14H23FN2O/c1-10(2)18-9-8-17(4)14-12(11(3)16)6-5-7-13(14)15/h5-7,10-11H,8-9,16H2,1-4H3. The molecule has 0 bridgehead atoms. The maximum Gasteiger partial charge on any atom is 0.146 e. The van der Waals surface area contributed by atoms with E-state index in [0.29, 0.717) is 18.8 Å². The fourth-order valence-corrected chi connectivity index (χ4v) is 1.84. The van der Waals surface area contributed by atoms with Gasteiger partial charge in [0, 0.05) is 19.6 Å². The Hall–Kier alpha value is -1.13. The van der Waals surface area contributed by atoms with Crippen molar-refractivity contribution in [1.29, 1.82) is 0 Å². The van der Waals surface area contributed by atoms with Gasteiger partial charge < -0.3 is 15.4 Å². The Morgan fingerprint density at radius 1 is 1.33 bits per heavy atom. The van der Waals surface area contributed by atoms with Crippen LogP contribution in [0.2, 0.25) is 0 Å².